The number of thiophene rings is 1. The van der Waals surface area contributed by atoms with Gasteiger partial charge in [0.25, 0.3) is 9.05 Å². The lowest BCUT2D eigenvalue weighted by Gasteiger charge is -1.99. The zero-order valence-corrected chi connectivity index (χ0v) is 8.46. The molecule has 0 bridgehead atoms. The van der Waals surface area contributed by atoms with E-state index < -0.39 is 9.05 Å². The second-order valence-electron chi connectivity index (χ2n) is 1.95. The van der Waals surface area contributed by atoms with Crippen LogP contribution < -0.4 is 10.2 Å². The summed E-state index contributed by atoms with van der Waals surface area (Å²) in [5.74, 6) is 0.120. The molecule has 0 fully saturated rings. The van der Waals surface area contributed by atoms with Crippen LogP contribution in [0.5, 0.6) is 5.75 Å². The number of hydrogen-bond acceptors (Lipinski definition) is 4. The van der Waals surface area contributed by atoms with Gasteiger partial charge in [-0.2, -0.15) is 0 Å². The molecule has 12 heavy (non-hydrogen) atoms. The second-order valence-corrected chi connectivity index (χ2v) is 5.59. The monoisotopic (exact) mass is 222 g/mol. The average Bonchev–Trinajstić information content (AvgIpc) is 2.29. The van der Waals surface area contributed by atoms with E-state index in [-0.39, 0.29) is 15.4 Å². The van der Waals surface area contributed by atoms with Crippen LogP contribution in [0.25, 0.3) is 0 Å². The summed E-state index contributed by atoms with van der Waals surface area (Å²) in [6, 6.07) is 0. The number of ether oxygens (including phenoxy) is 1. The Labute approximate surface area is 80.1 Å². The van der Waals surface area contributed by atoms with Crippen molar-refractivity contribution >= 4 is 44.4 Å². The quantitative estimate of drug-likeness (QED) is 0.540. The fraction of sp³-hybridized carbons (Fsp3) is 0.200. The molecule has 7 heteroatoms. The molecule has 0 aliphatic rings. The number of methoxy groups -OCH3 is 1. The van der Waals surface area contributed by atoms with Gasteiger partial charge in [0, 0.05) is 10.7 Å². The van der Waals surface area contributed by atoms with Crippen LogP contribution in [0.2, 0.25) is 0 Å². The van der Waals surface area contributed by atoms with Gasteiger partial charge >= 0.3 is 0 Å². The van der Waals surface area contributed by atoms with Crippen molar-refractivity contribution in [1.29, 1.82) is 0 Å². The summed E-state index contributed by atoms with van der Waals surface area (Å²) in [6.07, 6.45) is 0. The minimum atomic E-state index is -3.74. The van der Waals surface area contributed by atoms with Crippen LogP contribution >= 0.6 is 22.0 Å². The van der Waals surface area contributed by atoms with Crippen LogP contribution in [-0.2, 0) is 9.05 Å². The van der Waals surface area contributed by atoms with Gasteiger partial charge in [-0.1, -0.05) is 0 Å². The van der Waals surface area contributed by atoms with Gasteiger partial charge in [-0.25, -0.2) is 8.42 Å². The molecular formula is C5H4BClO3S2. The Balaban J connectivity index is 3.36. The molecule has 1 heterocycles. The number of rotatable bonds is 2. The van der Waals surface area contributed by atoms with Crippen molar-refractivity contribution in [1.82, 2.24) is 0 Å². The topological polar surface area (TPSA) is 43.4 Å². The Morgan fingerprint density at radius 1 is 1.67 bits per heavy atom. The van der Waals surface area contributed by atoms with Crippen molar-refractivity contribution in [3.63, 3.8) is 0 Å². The Bertz CT molecular complexity index is 383. The maximum absolute atomic E-state index is 10.9. The molecule has 0 N–H and O–H groups in total. The summed E-state index contributed by atoms with van der Waals surface area (Å²) in [6.45, 7) is 0. The lowest BCUT2D eigenvalue weighted by molar-refractivity contribution is 0.410. The molecule has 0 aliphatic carbocycles. The van der Waals surface area contributed by atoms with Crippen LogP contribution in [0, 0.1) is 0 Å². The van der Waals surface area contributed by atoms with Gasteiger partial charge in [0.05, 0.1) is 7.11 Å². The highest BCUT2D eigenvalue weighted by Gasteiger charge is 2.20. The highest BCUT2D eigenvalue weighted by atomic mass is 35.7. The van der Waals surface area contributed by atoms with E-state index >= 15 is 0 Å². The third-order valence-electron chi connectivity index (χ3n) is 1.17. The first-order valence-electron chi connectivity index (χ1n) is 2.82. The molecule has 3 nitrogen and oxygen atoms in total. The first kappa shape index (κ1) is 9.89. The highest BCUT2D eigenvalue weighted by molar-refractivity contribution is 8.15. The van der Waals surface area contributed by atoms with Crippen molar-refractivity contribution in [2.75, 3.05) is 7.11 Å². The average molecular weight is 222 g/mol. The molecule has 2 radical (unpaired) electrons. The van der Waals surface area contributed by atoms with Crippen molar-refractivity contribution in [3.05, 3.63) is 5.38 Å². The summed E-state index contributed by atoms with van der Waals surface area (Å²) in [7, 11) is 8.11. The zero-order valence-electron chi connectivity index (χ0n) is 6.07. The van der Waals surface area contributed by atoms with Gasteiger partial charge in [-0.3, -0.25) is 0 Å². The van der Waals surface area contributed by atoms with E-state index in [0.717, 1.165) is 11.3 Å². The van der Waals surface area contributed by atoms with Crippen molar-refractivity contribution < 1.29 is 13.2 Å². The molecule has 0 unspecified atom stereocenters. The number of halogens is 1. The van der Waals surface area contributed by atoms with E-state index in [4.69, 9.17) is 23.3 Å². The maximum atomic E-state index is 10.9. The third kappa shape index (κ3) is 1.76. The van der Waals surface area contributed by atoms with Gasteiger partial charge in [-0.15, -0.1) is 11.3 Å². The minimum Gasteiger partial charge on any atom is -0.495 e. The molecule has 0 spiro atoms. The van der Waals surface area contributed by atoms with Gasteiger partial charge in [-0.05, 0) is 10.8 Å². The summed E-state index contributed by atoms with van der Waals surface area (Å²) in [5, 5.41) is 1.47. The fourth-order valence-corrected chi connectivity index (χ4v) is 2.92. The Hall–Kier alpha value is -0.195. The summed E-state index contributed by atoms with van der Waals surface area (Å²) in [4.78, 5) is 0. The zero-order chi connectivity index (χ0) is 9.35. The van der Waals surface area contributed by atoms with Crippen molar-refractivity contribution in [3.8, 4) is 5.75 Å². The molecule has 1 aromatic heterocycles. The predicted molar refractivity (Wildman–Crippen MR) is 49.3 cm³/mol. The predicted octanol–water partition coefficient (Wildman–Crippen LogP) is 0.478. The molecule has 0 aromatic carbocycles. The molecule has 64 valence electrons. The summed E-state index contributed by atoms with van der Waals surface area (Å²) in [5.41, 5.74) is 0.279. The third-order valence-corrected chi connectivity index (χ3v) is 4.25. The molecule has 0 aliphatic heterocycles. The lowest BCUT2D eigenvalue weighted by Crippen LogP contribution is -2.04. The molecule has 0 saturated heterocycles. The smallest absolute Gasteiger partial charge is 0.274 e. The van der Waals surface area contributed by atoms with Gasteiger partial charge in [0.15, 0.2) is 4.21 Å². The van der Waals surface area contributed by atoms with Gasteiger partial charge in [0.2, 0.25) is 0 Å². The lowest BCUT2D eigenvalue weighted by atomic mass is 10.0. The molecule has 0 saturated carbocycles. The molecular weight excluding hydrogens is 218 g/mol. The Morgan fingerprint density at radius 3 is 2.58 bits per heavy atom. The summed E-state index contributed by atoms with van der Waals surface area (Å²) < 4.78 is 26.4. The SMILES string of the molecule is [B]c1csc(S(=O)(=O)Cl)c1OC. The van der Waals surface area contributed by atoms with E-state index in [0.29, 0.717) is 0 Å². The first-order chi connectivity index (χ1) is 5.46. The molecule has 1 rings (SSSR count). The highest BCUT2D eigenvalue weighted by Crippen LogP contribution is 2.29. The Kier molecular flexibility index (Phi) is 2.70. The van der Waals surface area contributed by atoms with E-state index in [2.05, 4.69) is 0 Å². The van der Waals surface area contributed by atoms with Crippen molar-refractivity contribution in [2.24, 2.45) is 0 Å². The Morgan fingerprint density at radius 2 is 2.25 bits per heavy atom. The van der Waals surface area contributed by atoms with Crippen molar-refractivity contribution in [2.45, 2.75) is 4.21 Å². The van der Waals surface area contributed by atoms with E-state index in [9.17, 15) is 8.42 Å². The van der Waals surface area contributed by atoms with Crippen LogP contribution in [-0.4, -0.2) is 23.4 Å². The maximum Gasteiger partial charge on any atom is 0.274 e. The standard InChI is InChI=1S/C5H4BClO3S2/c1-10-4-3(6)2-11-5(4)12(7,8)9/h2H,1H3. The second kappa shape index (κ2) is 3.28. The van der Waals surface area contributed by atoms with E-state index in [1.165, 1.54) is 12.5 Å². The fourth-order valence-electron chi connectivity index (χ4n) is 0.711. The van der Waals surface area contributed by atoms with Gasteiger partial charge < -0.3 is 4.74 Å². The van der Waals surface area contributed by atoms with E-state index in [1.54, 1.807) is 0 Å². The molecule has 1 aromatic rings. The summed E-state index contributed by atoms with van der Waals surface area (Å²) >= 11 is 0.938. The van der Waals surface area contributed by atoms with Crippen LogP contribution in [0.15, 0.2) is 9.59 Å². The normalized spacial score (nSPS) is 11.5. The van der Waals surface area contributed by atoms with Crippen LogP contribution in [0.4, 0.5) is 0 Å². The first-order valence-corrected chi connectivity index (χ1v) is 6.01. The van der Waals surface area contributed by atoms with Crippen LogP contribution in [0.1, 0.15) is 0 Å². The van der Waals surface area contributed by atoms with E-state index in [1.807, 2.05) is 0 Å². The number of hydrogen-bond donors (Lipinski definition) is 0. The molecule has 0 amide bonds. The minimum absolute atomic E-state index is 0.0517. The van der Waals surface area contributed by atoms with Crippen LogP contribution in [0.3, 0.4) is 0 Å². The van der Waals surface area contributed by atoms with Gasteiger partial charge in [0.1, 0.15) is 13.6 Å². The largest absolute Gasteiger partial charge is 0.495 e. The molecule has 0 atom stereocenters.